The maximum atomic E-state index is 11.8. The van der Waals surface area contributed by atoms with Crippen LogP contribution in [0.15, 0.2) is 18.2 Å². The molecule has 18 heavy (non-hydrogen) atoms. The molecule has 4 heteroatoms. The maximum Gasteiger partial charge on any atom is 0.239 e. The topological polar surface area (TPSA) is 58.4 Å². The normalized spacial score (nSPS) is 10.5. The Hall–Kier alpha value is -1.71. The van der Waals surface area contributed by atoms with Crippen LogP contribution < -0.4 is 16.0 Å². The smallest absolute Gasteiger partial charge is 0.239 e. The van der Waals surface area contributed by atoms with Crippen molar-refractivity contribution in [2.45, 2.75) is 33.7 Å². The van der Waals surface area contributed by atoms with E-state index in [9.17, 15) is 4.79 Å². The van der Waals surface area contributed by atoms with Gasteiger partial charge in [0.1, 0.15) is 0 Å². The summed E-state index contributed by atoms with van der Waals surface area (Å²) in [6, 6.07) is 5.93. The van der Waals surface area contributed by atoms with Gasteiger partial charge in [-0.25, -0.2) is 0 Å². The van der Waals surface area contributed by atoms with E-state index in [-0.39, 0.29) is 11.9 Å². The Balaban J connectivity index is 2.80. The summed E-state index contributed by atoms with van der Waals surface area (Å²) in [4.78, 5) is 13.8. The molecule has 1 rings (SSSR count). The number of anilines is 2. The van der Waals surface area contributed by atoms with Crippen LogP contribution in [0, 0.1) is 6.92 Å². The van der Waals surface area contributed by atoms with Crippen LogP contribution in [-0.2, 0) is 4.79 Å². The number of benzene rings is 1. The van der Waals surface area contributed by atoms with E-state index in [1.807, 2.05) is 50.8 Å². The largest absolute Gasteiger partial charge is 0.399 e. The molecule has 1 aromatic rings. The van der Waals surface area contributed by atoms with Gasteiger partial charge in [-0.05, 0) is 51.5 Å². The molecule has 0 saturated carbocycles. The molecule has 3 N–H and O–H groups in total. The Kier molecular flexibility index (Phi) is 5.01. The molecule has 0 atom stereocenters. The molecular formula is C14H23N3O. The quantitative estimate of drug-likeness (QED) is 0.784. The molecule has 0 unspecified atom stereocenters. The molecule has 0 spiro atoms. The second-order valence-corrected chi connectivity index (χ2v) is 4.78. The van der Waals surface area contributed by atoms with Crippen molar-refractivity contribution in [1.29, 1.82) is 0 Å². The van der Waals surface area contributed by atoms with Gasteiger partial charge in [0.15, 0.2) is 0 Å². The fraction of sp³-hybridized carbons (Fsp3) is 0.500. The number of hydrogen-bond acceptors (Lipinski definition) is 3. The Morgan fingerprint density at radius 1 is 1.44 bits per heavy atom. The third-order valence-electron chi connectivity index (χ3n) is 2.73. The predicted octanol–water partition coefficient (Wildman–Crippen LogP) is 1.93. The predicted molar refractivity (Wildman–Crippen MR) is 76.8 cm³/mol. The van der Waals surface area contributed by atoms with Gasteiger partial charge < -0.3 is 16.0 Å². The molecule has 0 heterocycles. The zero-order valence-electron chi connectivity index (χ0n) is 11.7. The van der Waals surface area contributed by atoms with Gasteiger partial charge in [-0.2, -0.15) is 0 Å². The lowest BCUT2D eigenvalue weighted by Crippen LogP contribution is -2.40. The number of nitrogens with zero attached hydrogens (tertiary/aromatic N) is 1. The van der Waals surface area contributed by atoms with E-state index < -0.39 is 0 Å². The zero-order chi connectivity index (χ0) is 13.7. The number of nitrogen functional groups attached to an aromatic ring is 1. The molecule has 0 fully saturated rings. The molecule has 0 bridgehead atoms. The van der Waals surface area contributed by atoms with Crippen molar-refractivity contribution in [2.24, 2.45) is 0 Å². The molecule has 0 radical (unpaired) electrons. The highest BCUT2D eigenvalue weighted by atomic mass is 16.2. The zero-order valence-corrected chi connectivity index (χ0v) is 11.7. The third-order valence-corrected chi connectivity index (χ3v) is 2.73. The highest BCUT2D eigenvalue weighted by Gasteiger charge is 2.12. The molecule has 1 amide bonds. The number of nitrogens with two attached hydrogens (primary N) is 1. The highest BCUT2D eigenvalue weighted by molar-refractivity contribution is 5.82. The second kappa shape index (κ2) is 6.28. The Labute approximate surface area is 109 Å². The number of carbonyl (C=O) groups is 1. The molecule has 1 aromatic carbocycles. The molecule has 4 nitrogen and oxygen atoms in total. The monoisotopic (exact) mass is 249 g/mol. The van der Waals surface area contributed by atoms with Gasteiger partial charge in [-0.1, -0.05) is 0 Å². The van der Waals surface area contributed by atoms with E-state index in [0.29, 0.717) is 6.54 Å². The van der Waals surface area contributed by atoms with E-state index in [1.54, 1.807) is 0 Å². The van der Waals surface area contributed by atoms with Crippen molar-refractivity contribution < 1.29 is 4.79 Å². The van der Waals surface area contributed by atoms with Crippen LogP contribution in [0.4, 0.5) is 11.4 Å². The van der Waals surface area contributed by atoms with Gasteiger partial charge in [0.05, 0.1) is 6.54 Å². The fourth-order valence-corrected chi connectivity index (χ4v) is 1.94. The second-order valence-electron chi connectivity index (χ2n) is 4.78. The molecule has 100 valence electrons. The molecule has 0 aliphatic carbocycles. The van der Waals surface area contributed by atoms with Crippen molar-refractivity contribution >= 4 is 17.3 Å². The van der Waals surface area contributed by atoms with Crippen molar-refractivity contribution in [3.05, 3.63) is 23.8 Å². The Morgan fingerprint density at radius 2 is 2.11 bits per heavy atom. The minimum absolute atomic E-state index is 0.0445. The van der Waals surface area contributed by atoms with Crippen molar-refractivity contribution in [2.75, 3.05) is 23.7 Å². The molecule has 0 aliphatic rings. The Morgan fingerprint density at radius 3 is 2.61 bits per heavy atom. The first-order chi connectivity index (χ1) is 8.43. The standard InChI is InChI=1S/C14H23N3O/c1-5-17(9-14(18)16-10(2)3)13-7-6-12(15)8-11(13)4/h6-8,10H,5,9,15H2,1-4H3,(H,16,18). The lowest BCUT2D eigenvalue weighted by molar-refractivity contribution is -0.120. The van der Waals surface area contributed by atoms with Gasteiger partial charge in [-0.15, -0.1) is 0 Å². The van der Waals surface area contributed by atoms with E-state index in [0.717, 1.165) is 23.5 Å². The van der Waals surface area contributed by atoms with Crippen LogP contribution in [0.25, 0.3) is 0 Å². The van der Waals surface area contributed by atoms with Crippen molar-refractivity contribution in [3.63, 3.8) is 0 Å². The van der Waals surface area contributed by atoms with E-state index >= 15 is 0 Å². The third kappa shape index (κ3) is 3.95. The average Bonchev–Trinajstić information content (AvgIpc) is 2.25. The number of carbonyl (C=O) groups excluding carboxylic acids is 1. The van der Waals surface area contributed by atoms with Gasteiger partial charge in [0.2, 0.25) is 5.91 Å². The first-order valence-electron chi connectivity index (χ1n) is 6.34. The molecule has 0 aliphatic heterocycles. The van der Waals surface area contributed by atoms with Crippen LogP contribution in [-0.4, -0.2) is 25.0 Å². The van der Waals surface area contributed by atoms with Crippen LogP contribution >= 0.6 is 0 Å². The lowest BCUT2D eigenvalue weighted by atomic mass is 10.1. The summed E-state index contributed by atoms with van der Waals surface area (Å²) < 4.78 is 0. The van der Waals surface area contributed by atoms with E-state index in [1.165, 1.54) is 0 Å². The van der Waals surface area contributed by atoms with Crippen LogP contribution in [0.3, 0.4) is 0 Å². The first kappa shape index (κ1) is 14.4. The SMILES string of the molecule is CCN(CC(=O)NC(C)C)c1ccc(N)cc1C. The van der Waals surface area contributed by atoms with Gasteiger partial charge in [0.25, 0.3) is 0 Å². The van der Waals surface area contributed by atoms with Crippen LogP contribution in [0.5, 0.6) is 0 Å². The number of hydrogen-bond donors (Lipinski definition) is 2. The summed E-state index contributed by atoms with van der Waals surface area (Å²) in [5, 5.41) is 2.90. The number of aryl methyl sites for hydroxylation is 1. The maximum absolute atomic E-state index is 11.8. The first-order valence-corrected chi connectivity index (χ1v) is 6.34. The van der Waals surface area contributed by atoms with Crippen molar-refractivity contribution in [1.82, 2.24) is 5.32 Å². The lowest BCUT2D eigenvalue weighted by Gasteiger charge is -2.25. The summed E-state index contributed by atoms with van der Waals surface area (Å²) in [5.41, 5.74) is 8.64. The van der Waals surface area contributed by atoms with Crippen LogP contribution in [0.1, 0.15) is 26.3 Å². The number of rotatable bonds is 5. The molecule has 0 saturated heterocycles. The summed E-state index contributed by atoms with van der Waals surface area (Å²) >= 11 is 0. The van der Waals surface area contributed by atoms with E-state index in [2.05, 4.69) is 5.32 Å². The van der Waals surface area contributed by atoms with Crippen LogP contribution in [0.2, 0.25) is 0 Å². The number of likely N-dealkylation sites (N-methyl/N-ethyl adjacent to an activating group) is 1. The number of nitrogens with one attached hydrogen (secondary N) is 1. The molecular weight excluding hydrogens is 226 g/mol. The summed E-state index contributed by atoms with van der Waals surface area (Å²) in [5.74, 6) is 0.0445. The minimum atomic E-state index is 0.0445. The number of amides is 1. The van der Waals surface area contributed by atoms with Gasteiger partial charge in [0, 0.05) is 24.0 Å². The van der Waals surface area contributed by atoms with Gasteiger partial charge in [-0.3, -0.25) is 4.79 Å². The summed E-state index contributed by atoms with van der Waals surface area (Å²) in [6.07, 6.45) is 0. The molecule has 0 aromatic heterocycles. The average molecular weight is 249 g/mol. The Bertz CT molecular complexity index is 416. The van der Waals surface area contributed by atoms with Crippen molar-refractivity contribution in [3.8, 4) is 0 Å². The van der Waals surface area contributed by atoms with Gasteiger partial charge >= 0.3 is 0 Å². The summed E-state index contributed by atoms with van der Waals surface area (Å²) in [6.45, 7) is 9.13. The fourth-order valence-electron chi connectivity index (χ4n) is 1.94. The summed E-state index contributed by atoms with van der Waals surface area (Å²) in [7, 11) is 0. The minimum Gasteiger partial charge on any atom is -0.399 e. The van der Waals surface area contributed by atoms with E-state index in [4.69, 9.17) is 5.73 Å². The highest BCUT2D eigenvalue weighted by Crippen LogP contribution is 2.21.